The van der Waals surface area contributed by atoms with E-state index in [0.29, 0.717) is 37.9 Å². The van der Waals surface area contributed by atoms with Crippen molar-refractivity contribution < 1.29 is 19.1 Å². The summed E-state index contributed by atoms with van der Waals surface area (Å²) >= 11 is 0. The van der Waals surface area contributed by atoms with E-state index < -0.39 is 0 Å². The fourth-order valence-corrected chi connectivity index (χ4v) is 4.72. The van der Waals surface area contributed by atoms with Crippen LogP contribution in [0.15, 0.2) is 0 Å². The molecule has 0 aliphatic heterocycles. The Labute approximate surface area is 198 Å². The lowest BCUT2D eigenvalue weighted by atomic mass is 9.82. The Morgan fingerprint density at radius 3 is 1.38 bits per heavy atom. The highest BCUT2D eigenvalue weighted by molar-refractivity contribution is 5.69. The van der Waals surface area contributed by atoms with Crippen molar-refractivity contribution in [2.45, 2.75) is 142 Å². The van der Waals surface area contributed by atoms with Crippen molar-refractivity contribution in [2.75, 3.05) is 13.2 Å². The van der Waals surface area contributed by atoms with E-state index in [4.69, 9.17) is 9.47 Å². The smallest absolute Gasteiger partial charge is 0.305 e. The first-order chi connectivity index (χ1) is 15.7. The van der Waals surface area contributed by atoms with Crippen molar-refractivity contribution in [3.05, 3.63) is 0 Å². The molecule has 32 heavy (non-hydrogen) atoms. The molecule has 2 atom stereocenters. The molecule has 1 aliphatic carbocycles. The highest BCUT2D eigenvalue weighted by atomic mass is 16.5. The zero-order valence-electron chi connectivity index (χ0n) is 21.3. The first kappa shape index (κ1) is 29.0. The van der Waals surface area contributed by atoms with Crippen LogP contribution in [0.5, 0.6) is 0 Å². The standard InChI is InChI=1S/C28H52O4/c1-3-5-7-9-11-13-15-20-27(29)31-23-25-18-17-19-26(22-25)24-32-28(30)21-16-14-12-10-8-6-4-2/h25-26H,3-24H2,1-2H3. The molecule has 0 heterocycles. The predicted octanol–water partition coefficient (Wildman–Crippen LogP) is 8.16. The molecule has 1 fully saturated rings. The molecule has 0 radical (unpaired) electrons. The minimum atomic E-state index is -0.0400. The van der Waals surface area contributed by atoms with E-state index in [1.165, 1.54) is 64.2 Å². The molecule has 188 valence electrons. The molecular weight excluding hydrogens is 400 g/mol. The lowest BCUT2D eigenvalue weighted by molar-refractivity contribution is -0.146. The zero-order chi connectivity index (χ0) is 23.3. The highest BCUT2D eigenvalue weighted by Gasteiger charge is 2.24. The Kier molecular flexibility index (Phi) is 18.6. The molecule has 0 saturated heterocycles. The quantitative estimate of drug-likeness (QED) is 0.138. The van der Waals surface area contributed by atoms with E-state index in [-0.39, 0.29) is 11.9 Å². The van der Waals surface area contributed by atoms with Gasteiger partial charge < -0.3 is 9.47 Å². The predicted molar refractivity (Wildman–Crippen MR) is 133 cm³/mol. The van der Waals surface area contributed by atoms with Crippen LogP contribution in [0.1, 0.15) is 142 Å². The van der Waals surface area contributed by atoms with Crippen LogP contribution in [0.2, 0.25) is 0 Å². The van der Waals surface area contributed by atoms with Gasteiger partial charge >= 0.3 is 11.9 Å². The summed E-state index contributed by atoms with van der Waals surface area (Å²) in [5, 5.41) is 0. The number of esters is 2. The van der Waals surface area contributed by atoms with Crippen LogP contribution in [0.4, 0.5) is 0 Å². The molecule has 0 aromatic heterocycles. The summed E-state index contributed by atoms with van der Waals surface area (Å²) in [4.78, 5) is 24.0. The fourth-order valence-electron chi connectivity index (χ4n) is 4.72. The third kappa shape index (κ3) is 16.6. The van der Waals surface area contributed by atoms with Gasteiger partial charge in [-0.15, -0.1) is 0 Å². The zero-order valence-corrected chi connectivity index (χ0v) is 21.3. The molecule has 2 unspecified atom stereocenters. The number of carbonyl (C=O) groups excluding carboxylic acids is 2. The summed E-state index contributed by atoms with van der Waals surface area (Å²) < 4.78 is 11.1. The SMILES string of the molecule is CCCCCCCCCC(=O)OCC1CCCC(COC(=O)CCCCCCCCC)C1. The Bertz CT molecular complexity index is 422. The van der Waals surface area contributed by atoms with Crippen LogP contribution in [0.3, 0.4) is 0 Å². The number of carbonyl (C=O) groups is 2. The summed E-state index contributed by atoms with van der Waals surface area (Å²) in [6.07, 6.45) is 22.5. The minimum Gasteiger partial charge on any atom is -0.465 e. The normalized spacial score (nSPS) is 18.4. The molecule has 4 heteroatoms. The van der Waals surface area contributed by atoms with E-state index in [2.05, 4.69) is 13.8 Å². The van der Waals surface area contributed by atoms with Crippen molar-refractivity contribution >= 4 is 11.9 Å². The van der Waals surface area contributed by atoms with Crippen molar-refractivity contribution in [3.63, 3.8) is 0 Å². The van der Waals surface area contributed by atoms with Gasteiger partial charge in [0.1, 0.15) is 0 Å². The third-order valence-corrected chi connectivity index (χ3v) is 6.82. The number of rotatable bonds is 20. The van der Waals surface area contributed by atoms with Gasteiger partial charge in [0.25, 0.3) is 0 Å². The van der Waals surface area contributed by atoms with Crippen molar-refractivity contribution in [1.29, 1.82) is 0 Å². The van der Waals surface area contributed by atoms with Crippen LogP contribution in [0.25, 0.3) is 0 Å². The van der Waals surface area contributed by atoms with E-state index in [1.807, 2.05) is 0 Å². The van der Waals surface area contributed by atoms with E-state index in [1.54, 1.807) is 0 Å². The van der Waals surface area contributed by atoms with Crippen LogP contribution in [0, 0.1) is 11.8 Å². The maximum Gasteiger partial charge on any atom is 0.305 e. The number of ether oxygens (including phenoxy) is 2. The van der Waals surface area contributed by atoms with Crippen molar-refractivity contribution in [3.8, 4) is 0 Å². The Morgan fingerprint density at radius 2 is 0.969 bits per heavy atom. The van der Waals surface area contributed by atoms with Gasteiger partial charge in [-0.05, 0) is 43.9 Å². The first-order valence-electron chi connectivity index (χ1n) is 14.0. The van der Waals surface area contributed by atoms with E-state index in [9.17, 15) is 9.59 Å². The van der Waals surface area contributed by atoms with Gasteiger partial charge in [-0.2, -0.15) is 0 Å². The molecule has 0 amide bonds. The molecule has 0 spiro atoms. The summed E-state index contributed by atoms with van der Waals surface area (Å²) in [5.74, 6) is 0.769. The third-order valence-electron chi connectivity index (χ3n) is 6.82. The molecule has 0 aromatic rings. The maximum atomic E-state index is 12.0. The van der Waals surface area contributed by atoms with Crippen molar-refractivity contribution in [2.24, 2.45) is 11.8 Å². The molecule has 1 rings (SSSR count). The number of hydrogen-bond donors (Lipinski definition) is 0. The number of hydrogen-bond acceptors (Lipinski definition) is 4. The largest absolute Gasteiger partial charge is 0.465 e. The maximum absolute atomic E-state index is 12.0. The monoisotopic (exact) mass is 452 g/mol. The van der Waals surface area contributed by atoms with Crippen LogP contribution in [-0.4, -0.2) is 25.2 Å². The molecule has 0 bridgehead atoms. The molecule has 0 aromatic carbocycles. The van der Waals surface area contributed by atoms with E-state index >= 15 is 0 Å². The van der Waals surface area contributed by atoms with E-state index in [0.717, 1.165) is 51.4 Å². The minimum absolute atomic E-state index is 0.0400. The lowest BCUT2D eigenvalue weighted by Crippen LogP contribution is -2.25. The van der Waals surface area contributed by atoms with Crippen LogP contribution in [-0.2, 0) is 19.1 Å². The van der Waals surface area contributed by atoms with Crippen molar-refractivity contribution in [1.82, 2.24) is 0 Å². The molecule has 1 aliphatic rings. The molecular formula is C28H52O4. The lowest BCUT2D eigenvalue weighted by Gasteiger charge is -2.28. The van der Waals surface area contributed by atoms with Gasteiger partial charge in [0.2, 0.25) is 0 Å². The summed E-state index contributed by atoms with van der Waals surface area (Å²) in [6, 6.07) is 0. The van der Waals surface area contributed by atoms with Gasteiger partial charge in [0, 0.05) is 12.8 Å². The second kappa shape index (κ2) is 20.5. The Hall–Kier alpha value is -1.06. The van der Waals surface area contributed by atoms with Crippen LogP contribution < -0.4 is 0 Å². The summed E-state index contributed by atoms with van der Waals surface area (Å²) in [7, 11) is 0. The van der Waals surface area contributed by atoms with Gasteiger partial charge in [0.15, 0.2) is 0 Å². The topological polar surface area (TPSA) is 52.6 Å². The molecule has 1 saturated carbocycles. The summed E-state index contributed by atoms with van der Waals surface area (Å²) in [5.41, 5.74) is 0. The second-order valence-corrected chi connectivity index (χ2v) is 10.0. The fraction of sp³-hybridized carbons (Fsp3) is 0.929. The first-order valence-corrected chi connectivity index (χ1v) is 14.0. The molecule has 0 N–H and O–H groups in total. The van der Waals surface area contributed by atoms with Gasteiger partial charge in [-0.3, -0.25) is 9.59 Å². The highest BCUT2D eigenvalue weighted by Crippen LogP contribution is 2.29. The van der Waals surface area contributed by atoms with Gasteiger partial charge in [0.05, 0.1) is 13.2 Å². The second-order valence-electron chi connectivity index (χ2n) is 10.0. The number of unbranched alkanes of at least 4 members (excludes halogenated alkanes) is 12. The van der Waals surface area contributed by atoms with Gasteiger partial charge in [-0.1, -0.05) is 97.3 Å². The molecule has 4 nitrogen and oxygen atoms in total. The Balaban J connectivity index is 2.03. The average Bonchev–Trinajstić information content (AvgIpc) is 2.80. The summed E-state index contributed by atoms with van der Waals surface area (Å²) in [6.45, 7) is 5.54. The Morgan fingerprint density at radius 1 is 0.594 bits per heavy atom. The van der Waals surface area contributed by atoms with Gasteiger partial charge in [-0.25, -0.2) is 0 Å². The van der Waals surface area contributed by atoms with Crippen LogP contribution >= 0.6 is 0 Å². The average molecular weight is 453 g/mol.